The fourth-order valence-corrected chi connectivity index (χ4v) is 4.67. The second-order valence-corrected chi connectivity index (χ2v) is 7.40. The van der Waals surface area contributed by atoms with E-state index in [2.05, 4.69) is 54.5 Å². The first-order chi connectivity index (χ1) is 11.2. The maximum Gasteiger partial charge on any atom is 0.122 e. The van der Waals surface area contributed by atoms with E-state index in [1.165, 1.54) is 35.4 Å². The molecule has 3 rings (SSSR count). The van der Waals surface area contributed by atoms with Crippen LogP contribution < -0.4 is 4.74 Å². The summed E-state index contributed by atoms with van der Waals surface area (Å²) in [6.45, 7) is 5.82. The highest BCUT2D eigenvalue weighted by Crippen LogP contribution is 2.35. The van der Waals surface area contributed by atoms with E-state index < -0.39 is 0 Å². The van der Waals surface area contributed by atoms with Gasteiger partial charge in [-0.1, -0.05) is 25.1 Å². The summed E-state index contributed by atoms with van der Waals surface area (Å²) in [6, 6.07) is 12.1. The average molecular weight is 330 g/mol. The number of methoxy groups -OCH3 is 1. The van der Waals surface area contributed by atoms with Gasteiger partial charge < -0.3 is 4.74 Å². The van der Waals surface area contributed by atoms with Crippen LogP contribution in [-0.4, -0.2) is 24.6 Å². The molecule has 1 aliphatic carbocycles. The molecule has 0 saturated heterocycles. The fraction of sp³-hybridized carbons (Fsp3) is 0.500. The first kappa shape index (κ1) is 16.5. The van der Waals surface area contributed by atoms with Gasteiger partial charge in [-0.05, 0) is 67.8 Å². The van der Waals surface area contributed by atoms with Gasteiger partial charge in [-0.2, -0.15) is 0 Å². The first-order valence-electron chi connectivity index (χ1n) is 8.68. The second kappa shape index (κ2) is 7.50. The van der Waals surface area contributed by atoms with Gasteiger partial charge in [-0.15, -0.1) is 11.3 Å². The largest absolute Gasteiger partial charge is 0.496 e. The van der Waals surface area contributed by atoms with Gasteiger partial charge in [0.05, 0.1) is 7.11 Å². The topological polar surface area (TPSA) is 12.5 Å². The Kier molecular flexibility index (Phi) is 5.39. The predicted octanol–water partition coefficient (Wildman–Crippen LogP) is 5.09. The van der Waals surface area contributed by atoms with Gasteiger partial charge in [-0.3, -0.25) is 4.90 Å². The van der Waals surface area contributed by atoms with Gasteiger partial charge >= 0.3 is 0 Å². The molecule has 3 heteroatoms. The van der Waals surface area contributed by atoms with Gasteiger partial charge in [0.15, 0.2) is 0 Å². The Morgan fingerprint density at radius 2 is 2.17 bits per heavy atom. The molecule has 124 valence electrons. The summed E-state index contributed by atoms with van der Waals surface area (Å²) >= 11 is 1.88. The maximum atomic E-state index is 5.55. The number of fused-ring (bicyclic) bond motifs is 1. The van der Waals surface area contributed by atoms with Crippen molar-refractivity contribution in [2.24, 2.45) is 0 Å². The lowest BCUT2D eigenvalue weighted by atomic mass is 9.86. The van der Waals surface area contributed by atoms with Crippen molar-refractivity contribution in [2.45, 2.75) is 51.6 Å². The summed E-state index contributed by atoms with van der Waals surface area (Å²) in [5, 5.41) is 2.19. The molecular weight excluding hydrogens is 302 g/mol. The van der Waals surface area contributed by atoms with Crippen LogP contribution >= 0.6 is 11.3 Å². The van der Waals surface area contributed by atoms with Crippen molar-refractivity contribution < 1.29 is 4.74 Å². The quantitative estimate of drug-likeness (QED) is 0.732. The minimum atomic E-state index is 0.507. The van der Waals surface area contributed by atoms with E-state index in [0.29, 0.717) is 12.1 Å². The standard InChI is InChI=1S/C20H27NOS/c1-4-12-21(15(2)20-9-6-13-23-20)17-10-11-18-16(14-17)7-5-8-19(18)22-3/h5-9,13,15,17H,4,10-12,14H2,1-3H3/t15-,17-/m0/s1. The number of hydrogen-bond acceptors (Lipinski definition) is 3. The Morgan fingerprint density at radius 3 is 2.87 bits per heavy atom. The van der Waals surface area contributed by atoms with Crippen LogP contribution in [0.15, 0.2) is 35.7 Å². The van der Waals surface area contributed by atoms with Crippen LogP contribution in [0.5, 0.6) is 5.75 Å². The van der Waals surface area contributed by atoms with Crippen LogP contribution in [0.25, 0.3) is 0 Å². The van der Waals surface area contributed by atoms with Crippen LogP contribution in [0.2, 0.25) is 0 Å². The smallest absolute Gasteiger partial charge is 0.122 e. The SMILES string of the molecule is CCCN([C@H]1CCc2c(cccc2OC)C1)[C@@H](C)c1cccs1. The van der Waals surface area contributed by atoms with Crippen molar-refractivity contribution in [2.75, 3.05) is 13.7 Å². The lowest BCUT2D eigenvalue weighted by Gasteiger charge is -2.39. The Hall–Kier alpha value is -1.32. The molecule has 1 heterocycles. The molecule has 0 spiro atoms. The lowest BCUT2D eigenvalue weighted by molar-refractivity contribution is 0.132. The summed E-state index contributed by atoms with van der Waals surface area (Å²) in [5.74, 6) is 1.06. The average Bonchev–Trinajstić information content (AvgIpc) is 3.12. The van der Waals surface area contributed by atoms with Crippen LogP contribution in [0, 0.1) is 0 Å². The zero-order chi connectivity index (χ0) is 16.2. The molecule has 0 aliphatic heterocycles. The summed E-state index contributed by atoms with van der Waals surface area (Å²) in [5.41, 5.74) is 2.89. The zero-order valence-electron chi connectivity index (χ0n) is 14.4. The molecule has 1 aliphatic rings. The minimum absolute atomic E-state index is 0.507. The molecule has 0 bridgehead atoms. The fourth-order valence-electron chi connectivity index (χ4n) is 3.87. The summed E-state index contributed by atoms with van der Waals surface area (Å²) in [4.78, 5) is 4.20. The molecule has 0 saturated carbocycles. The summed E-state index contributed by atoms with van der Waals surface area (Å²) < 4.78 is 5.55. The molecular formula is C20H27NOS. The highest BCUT2D eigenvalue weighted by Gasteiger charge is 2.29. The third-order valence-corrected chi connectivity index (χ3v) is 6.08. The lowest BCUT2D eigenvalue weighted by Crippen LogP contribution is -2.41. The van der Waals surface area contributed by atoms with Crippen LogP contribution in [-0.2, 0) is 12.8 Å². The Labute approximate surface area is 144 Å². The normalized spacial score (nSPS) is 18.7. The molecule has 0 fully saturated rings. The molecule has 0 unspecified atom stereocenters. The monoisotopic (exact) mass is 329 g/mol. The molecule has 23 heavy (non-hydrogen) atoms. The van der Waals surface area contributed by atoms with Crippen molar-refractivity contribution >= 4 is 11.3 Å². The van der Waals surface area contributed by atoms with Crippen molar-refractivity contribution in [3.63, 3.8) is 0 Å². The van der Waals surface area contributed by atoms with E-state index in [9.17, 15) is 0 Å². The third-order valence-electron chi connectivity index (χ3n) is 5.04. The molecule has 2 atom stereocenters. The van der Waals surface area contributed by atoms with E-state index in [4.69, 9.17) is 4.74 Å². The van der Waals surface area contributed by atoms with Crippen molar-refractivity contribution in [1.29, 1.82) is 0 Å². The van der Waals surface area contributed by atoms with E-state index >= 15 is 0 Å². The molecule has 0 amide bonds. The van der Waals surface area contributed by atoms with Crippen molar-refractivity contribution in [3.8, 4) is 5.75 Å². The molecule has 1 aromatic carbocycles. The number of benzene rings is 1. The second-order valence-electron chi connectivity index (χ2n) is 6.42. The van der Waals surface area contributed by atoms with Gasteiger partial charge in [0.1, 0.15) is 5.75 Å². The molecule has 2 aromatic rings. The van der Waals surface area contributed by atoms with E-state index in [1.807, 2.05) is 11.3 Å². The molecule has 0 radical (unpaired) electrons. The van der Waals surface area contributed by atoms with E-state index in [0.717, 1.165) is 18.6 Å². The van der Waals surface area contributed by atoms with Crippen LogP contribution in [0.1, 0.15) is 48.7 Å². The van der Waals surface area contributed by atoms with Crippen LogP contribution in [0.3, 0.4) is 0 Å². The Bertz CT molecular complexity index is 623. The number of thiophene rings is 1. The van der Waals surface area contributed by atoms with Crippen LogP contribution in [0.4, 0.5) is 0 Å². The zero-order valence-corrected chi connectivity index (χ0v) is 15.2. The molecule has 2 nitrogen and oxygen atoms in total. The van der Waals surface area contributed by atoms with E-state index in [1.54, 1.807) is 7.11 Å². The van der Waals surface area contributed by atoms with Gasteiger partial charge in [0.2, 0.25) is 0 Å². The highest BCUT2D eigenvalue weighted by atomic mass is 32.1. The maximum absolute atomic E-state index is 5.55. The third kappa shape index (κ3) is 3.46. The summed E-state index contributed by atoms with van der Waals surface area (Å²) in [7, 11) is 1.78. The van der Waals surface area contributed by atoms with Crippen molar-refractivity contribution in [1.82, 2.24) is 4.90 Å². The minimum Gasteiger partial charge on any atom is -0.496 e. The van der Waals surface area contributed by atoms with Gasteiger partial charge in [-0.25, -0.2) is 0 Å². The number of rotatable bonds is 6. The number of nitrogens with zero attached hydrogens (tertiary/aromatic N) is 1. The molecule has 0 N–H and O–H groups in total. The van der Waals surface area contributed by atoms with Crippen molar-refractivity contribution in [3.05, 3.63) is 51.7 Å². The van der Waals surface area contributed by atoms with Gasteiger partial charge in [0.25, 0.3) is 0 Å². The number of ether oxygens (including phenoxy) is 1. The Balaban J connectivity index is 1.81. The van der Waals surface area contributed by atoms with Gasteiger partial charge in [0, 0.05) is 17.0 Å². The predicted molar refractivity (Wildman–Crippen MR) is 98.5 cm³/mol. The summed E-state index contributed by atoms with van der Waals surface area (Å²) in [6.07, 6.45) is 4.70. The molecule has 1 aromatic heterocycles. The first-order valence-corrected chi connectivity index (χ1v) is 9.56. The highest BCUT2D eigenvalue weighted by molar-refractivity contribution is 7.10. The number of hydrogen-bond donors (Lipinski definition) is 0. The Morgan fingerprint density at radius 1 is 1.30 bits per heavy atom. The van der Waals surface area contributed by atoms with E-state index in [-0.39, 0.29) is 0 Å².